The predicted molar refractivity (Wildman–Crippen MR) is 66.5 cm³/mol. The third-order valence-corrected chi connectivity index (χ3v) is 3.64. The van der Waals surface area contributed by atoms with Crippen LogP contribution in [0.15, 0.2) is 29.6 Å². The minimum Gasteiger partial charge on any atom is -0.375 e. The van der Waals surface area contributed by atoms with Gasteiger partial charge >= 0.3 is 0 Å². The summed E-state index contributed by atoms with van der Waals surface area (Å²) in [4.78, 5) is 4.37. The van der Waals surface area contributed by atoms with Gasteiger partial charge in [0.15, 0.2) is 5.13 Å². The van der Waals surface area contributed by atoms with Crippen molar-refractivity contribution in [2.75, 3.05) is 12.3 Å². The van der Waals surface area contributed by atoms with Crippen LogP contribution in [0.25, 0.3) is 0 Å². The maximum Gasteiger partial charge on any atom is 0.180 e. The van der Waals surface area contributed by atoms with Crippen molar-refractivity contribution in [2.45, 2.75) is 12.5 Å². The first-order chi connectivity index (χ1) is 7.84. The molecule has 0 aliphatic carbocycles. The van der Waals surface area contributed by atoms with E-state index >= 15 is 0 Å². The third kappa shape index (κ3) is 1.60. The fraction of sp³-hybridized carbons (Fsp3) is 0.250. The van der Waals surface area contributed by atoms with Gasteiger partial charge in [0.25, 0.3) is 0 Å². The number of aromatic nitrogens is 1. The van der Waals surface area contributed by atoms with Crippen LogP contribution in [0.2, 0.25) is 0 Å². The second-order valence-electron chi connectivity index (χ2n) is 3.95. The summed E-state index contributed by atoms with van der Waals surface area (Å²) in [6, 6.07) is 8.74. The number of rotatable bonds is 1. The molecule has 0 unspecified atom stereocenters. The minimum atomic E-state index is 0.207. The Labute approximate surface area is 98.3 Å². The standard InChI is InChI=1S/C12H13N3S/c13-12-15-10(7-16-12)11-9-4-2-1-3-8(9)5-6-14-11/h1-4,7,11,14H,5-6H2,(H2,13,15)/t11-/m1/s1. The average molecular weight is 231 g/mol. The zero-order valence-electron chi connectivity index (χ0n) is 8.81. The topological polar surface area (TPSA) is 50.9 Å². The van der Waals surface area contributed by atoms with Gasteiger partial charge < -0.3 is 11.1 Å². The van der Waals surface area contributed by atoms with E-state index in [2.05, 4.69) is 34.6 Å². The molecule has 0 fully saturated rings. The molecule has 3 N–H and O–H groups in total. The zero-order valence-corrected chi connectivity index (χ0v) is 9.63. The number of thiazole rings is 1. The summed E-state index contributed by atoms with van der Waals surface area (Å²) in [7, 11) is 0. The minimum absolute atomic E-state index is 0.207. The van der Waals surface area contributed by atoms with Crippen LogP contribution in [0.3, 0.4) is 0 Å². The first-order valence-electron chi connectivity index (χ1n) is 5.36. The van der Waals surface area contributed by atoms with Gasteiger partial charge in [0.2, 0.25) is 0 Å². The van der Waals surface area contributed by atoms with Crippen molar-refractivity contribution in [3.05, 3.63) is 46.5 Å². The lowest BCUT2D eigenvalue weighted by Gasteiger charge is -2.25. The Hall–Kier alpha value is -1.39. The van der Waals surface area contributed by atoms with Crippen molar-refractivity contribution in [3.8, 4) is 0 Å². The number of nitrogen functional groups attached to an aromatic ring is 1. The van der Waals surface area contributed by atoms with E-state index in [9.17, 15) is 0 Å². The van der Waals surface area contributed by atoms with Crippen LogP contribution in [0.5, 0.6) is 0 Å². The Morgan fingerprint density at radius 1 is 1.38 bits per heavy atom. The molecule has 4 heteroatoms. The van der Waals surface area contributed by atoms with Crippen molar-refractivity contribution in [2.24, 2.45) is 0 Å². The molecule has 82 valence electrons. The second-order valence-corrected chi connectivity index (χ2v) is 4.84. The highest BCUT2D eigenvalue weighted by Gasteiger charge is 2.22. The highest BCUT2D eigenvalue weighted by molar-refractivity contribution is 7.13. The zero-order chi connectivity index (χ0) is 11.0. The maximum atomic E-state index is 5.68. The van der Waals surface area contributed by atoms with E-state index in [1.165, 1.54) is 22.5 Å². The molecule has 1 aromatic heterocycles. The fourth-order valence-corrected chi connectivity index (χ4v) is 2.79. The molecule has 1 aliphatic rings. The Balaban J connectivity index is 2.04. The number of hydrogen-bond acceptors (Lipinski definition) is 4. The first-order valence-corrected chi connectivity index (χ1v) is 6.24. The Kier molecular flexibility index (Phi) is 2.38. The molecule has 0 bridgehead atoms. The molecule has 16 heavy (non-hydrogen) atoms. The molecule has 0 spiro atoms. The first kappa shape index (κ1) is 9.81. The summed E-state index contributed by atoms with van der Waals surface area (Å²) in [6.45, 7) is 0.999. The normalized spacial score (nSPS) is 19.4. The van der Waals surface area contributed by atoms with Gasteiger partial charge in [-0.3, -0.25) is 0 Å². The van der Waals surface area contributed by atoms with Crippen molar-refractivity contribution in [1.29, 1.82) is 0 Å². The number of fused-ring (bicyclic) bond motifs is 1. The largest absolute Gasteiger partial charge is 0.375 e. The SMILES string of the molecule is Nc1nc([C@@H]2NCCc3ccccc32)cs1. The van der Waals surface area contributed by atoms with Gasteiger partial charge in [0.1, 0.15) is 0 Å². The Bertz CT molecular complexity index is 506. The number of nitrogens with zero attached hydrogens (tertiary/aromatic N) is 1. The van der Waals surface area contributed by atoms with Crippen LogP contribution < -0.4 is 11.1 Å². The lowest BCUT2D eigenvalue weighted by atomic mass is 9.93. The van der Waals surface area contributed by atoms with E-state index in [0.717, 1.165) is 18.7 Å². The van der Waals surface area contributed by atoms with Crippen molar-refractivity contribution < 1.29 is 0 Å². The van der Waals surface area contributed by atoms with Crippen molar-refractivity contribution >= 4 is 16.5 Å². The van der Waals surface area contributed by atoms with Gasteiger partial charge in [0.05, 0.1) is 11.7 Å². The Morgan fingerprint density at radius 2 is 2.25 bits per heavy atom. The maximum absolute atomic E-state index is 5.68. The van der Waals surface area contributed by atoms with Crippen LogP contribution in [-0.4, -0.2) is 11.5 Å². The number of anilines is 1. The molecule has 0 saturated carbocycles. The number of benzene rings is 1. The lowest BCUT2D eigenvalue weighted by molar-refractivity contribution is 0.559. The van der Waals surface area contributed by atoms with E-state index in [0.29, 0.717) is 5.13 Å². The number of hydrogen-bond donors (Lipinski definition) is 2. The van der Waals surface area contributed by atoms with E-state index < -0.39 is 0 Å². The quantitative estimate of drug-likeness (QED) is 0.789. The van der Waals surface area contributed by atoms with Crippen LogP contribution in [-0.2, 0) is 6.42 Å². The summed E-state index contributed by atoms with van der Waals surface area (Å²) >= 11 is 1.50. The molecular formula is C12H13N3S. The van der Waals surface area contributed by atoms with E-state index in [1.807, 2.05) is 5.38 Å². The molecule has 0 saturated heterocycles. The van der Waals surface area contributed by atoms with E-state index in [-0.39, 0.29) is 6.04 Å². The van der Waals surface area contributed by atoms with Crippen LogP contribution >= 0.6 is 11.3 Å². The van der Waals surface area contributed by atoms with Gasteiger partial charge in [-0.1, -0.05) is 24.3 Å². The van der Waals surface area contributed by atoms with Crippen LogP contribution in [0.1, 0.15) is 22.9 Å². The van der Waals surface area contributed by atoms with E-state index in [1.54, 1.807) is 0 Å². The average Bonchev–Trinajstić information content (AvgIpc) is 2.75. The number of nitrogens with two attached hydrogens (primary N) is 1. The molecule has 3 nitrogen and oxygen atoms in total. The number of nitrogens with one attached hydrogen (secondary N) is 1. The third-order valence-electron chi connectivity index (χ3n) is 2.94. The summed E-state index contributed by atoms with van der Waals surface area (Å²) < 4.78 is 0. The second kappa shape index (κ2) is 3.88. The summed E-state index contributed by atoms with van der Waals surface area (Å²) in [5.74, 6) is 0. The van der Waals surface area contributed by atoms with Gasteiger partial charge in [0, 0.05) is 11.9 Å². The molecule has 1 aliphatic heterocycles. The summed E-state index contributed by atoms with van der Waals surface area (Å²) in [6.07, 6.45) is 1.09. The molecule has 1 atom stereocenters. The van der Waals surface area contributed by atoms with Gasteiger partial charge in [-0.15, -0.1) is 11.3 Å². The smallest absolute Gasteiger partial charge is 0.180 e. The molecule has 2 aromatic rings. The molecule has 0 radical (unpaired) electrons. The summed E-state index contributed by atoms with van der Waals surface area (Å²) in [5, 5.41) is 6.17. The van der Waals surface area contributed by atoms with E-state index in [4.69, 9.17) is 5.73 Å². The van der Waals surface area contributed by atoms with Crippen molar-refractivity contribution in [3.63, 3.8) is 0 Å². The molecule has 2 heterocycles. The van der Waals surface area contributed by atoms with Crippen molar-refractivity contribution in [1.82, 2.24) is 10.3 Å². The van der Waals surface area contributed by atoms with Gasteiger partial charge in [-0.05, 0) is 17.5 Å². The Morgan fingerprint density at radius 3 is 3.06 bits per heavy atom. The highest BCUT2D eigenvalue weighted by Crippen LogP contribution is 2.29. The lowest BCUT2D eigenvalue weighted by Crippen LogP contribution is -2.30. The van der Waals surface area contributed by atoms with Crippen LogP contribution in [0.4, 0.5) is 5.13 Å². The monoisotopic (exact) mass is 231 g/mol. The van der Waals surface area contributed by atoms with Gasteiger partial charge in [-0.2, -0.15) is 0 Å². The highest BCUT2D eigenvalue weighted by atomic mass is 32.1. The predicted octanol–water partition coefficient (Wildman–Crippen LogP) is 1.96. The molecular weight excluding hydrogens is 218 g/mol. The molecule has 1 aromatic carbocycles. The fourth-order valence-electron chi connectivity index (χ4n) is 2.20. The molecule has 0 amide bonds. The molecule has 3 rings (SSSR count). The van der Waals surface area contributed by atoms with Gasteiger partial charge in [-0.25, -0.2) is 4.98 Å². The van der Waals surface area contributed by atoms with Crippen LogP contribution in [0, 0.1) is 0 Å². The summed E-state index contributed by atoms with van der Waals surface area (Å²) in [5.41, 5.74) is 9.47.